The van der Waals surface area contributed by atoms with Crippen molar-refractivity contribution in [3.05, 3.63) is 59.7 Å². The number of carbonyl (C=O) groups excluding carboxylic acids is 1. The molecule has 0 heterocycles. The normalized spacial score (nSPS) is 19.8. The quantitative estimate of drug-likeness (QED) is 0.775. The van der Waals surface area contributed by atoms with Gasteiger partial charge in [-0.15, -0.1) is 0 Å². The van der Waals surface area contributed by atoms with Gasteiger partial charge in [-0.2, -0.15) is 0 Å². The van der Waals surface area contributed by atoms with Crippen LogP contribution in [0.5, 0.6) is 0 Å². The van der Waals surface area contributed by atoms with Gasteiger partial charge in [-0.25, -0.2) is 0 Å². The van der Waals surface area contributed by atoms with E-state index in [0.717, 1.165) is 12.8 Å². The zero-order valence-corrected chi connectivity index (χ0v) is 14.1. The maximum absolute atomic E-state index is 11.7. The van der Waals surface area contributed by atoms with Crippen molar-refractivity contribution in [3.8, 4) is 0 Å². The molecule has 0 saturated carbocycles. The van der Waals surface area contributed by atoms with E-state index in [1.165, 1.54) is 11.1 Å². The SMILES string of the molecule is CCOC(=O)[C@H](C)C[C@H](N)CC1=CCC(c2ccccc2)C=C1. The van der Waals surface area contributed by atoms with Gasteiger partial charge in [-0.1, -0.05) is 61.1 Å². The Morgan fingerprint density at radius 3 is 2.70 bits per heavy atom. The Labute approximate surface area is 139 Å². The monoisotopic (exact) mass is 313 g/mol. The van der Waals surface area contributed by atoms with Crippen LogP contribution in [0.2, 0.25) is 0 Å². The van der Waals surface area contributed by atoms with Crippen LogP contribution in [-0.2, 0) is 9.53 Å². The third kappa shape index (κ3) is 5.36. The van der Waals surface area contributed by atoms with Crippen LogP contribution in [0.25, 0.3) is 0 Å². The molecule has 3 heteroatoms. The highest BCUT2D eigenvalue weighted by molar-refractivity contribution is 5.72. The highest BCUT2D eigenvalue weighted by Crippen LogP contribution is 2.28. The van der Waals surface area contributed by atoms with Gasteiger partial charge in [0.2, 0.25) is 0 Å². The van der Waals surface area contributed by atoms with Gasteiger partial charge in [0.15, 0.2) is 0 Å². The van der Waals surface area contributed by atoms with Gasteiger partial charge >= 0.3 is 5.97 Å². The molecule has 1 unspecified atom stereocenters. The third-order valence-electron chi connectivity index (χ3n) is 4.25. The van der Waals surface area contributed by atoms with Crippen molar-refractivity contribution in [3.63, 3.8) is 0 Å². The summed E-state index contributed by atoms with van der Waals surface area (Å²) in [5, 5.41) is 0. The minimum atomic E-state index is -0.153. The first-order chi connectivity index (χ1) is 11.1. The first kappa shape index (κ1) is 17.5. The van der Waals surface area contributed by atoms with Gasteiger partial charge < -0.3 is 10.5 Å². The average Bonchev–Trinajstić information content (AvgIpc) is 2.56. The molecule has 0 fully saturated rings. The molecule has 3 nitrogen and oxygen atoms in total. The Kier molecular flexibility index (Phi) is 6.60. The number of hydrogen-bond donors (Lipinski definition) is 1. The second-order valence-electron chi connectivity index (χ2n) is 6.24. The zero-order valence-electron chi connectivity index (χ0n) is 14.1. The van der Waals surface area contributed by atoms with Crippen molar-refractivity contribution in [2.45, 2.75) is 45.1 Å². The molecule has 0 aliphatic heterocycles. The number of allylic oxidation sites excluding steroid dienone is 3. The maximum Gasteiger partial charge on any atom is 0.308 e. The lowest BCUT2D eigenvalue weighted by atomic mass is 9.87. The molecule has 1 aromatic carbocycles. The van der Waals surface area contributed by atoms with Gasteiger partial charge in [-0.3, -0.25) is 4.79 Å². The van der Waals surface area contributed by atoms with Crippen LogP contribution in [0.1, 0.15) is 44.6 Å². The number of nitrogens with two attached hydrogens (primary N) is 1. The van der Waals surface area contributed by atoms with Gasteiger partial charge in [0.05, 0.1) is 12.5 Å². The molecular weight excluding hydrogens is 286 g/mol. The molecule has 23 heavy (non-hydrogen) atoms. The summed E-state index contributed by atoms with van der Waals surface area (Å²) in [6.07, 6.45) is 9.18. The van der Waals surface area contributed by atoms with E-state index in [1.807, 2.05) is 19.9 Å². The molecule has 1 aliphatic carbocycles. The minimum Gasteiger partial charge on any atom is -0.466 e. The van der Waals surface area contributed by atoms with E-state index >= 15 is 0 Å². The largest absolute Gasteiger partial charge is 0.466 e. The van der Waals surface area contributed by atoms with Crippen LogP contribution in [0.3, 0.4) is 0 Å². The third-order valence-corrected chi connectivity index (χ3v) is 4.25. The molecule has 3 atom stereocenters. The summed E-state index contributed by atoms with van der Waals surface area (Å²) in [6.45, 7) is 4.13. The van der Waals surface area contributed by atoms with Gasteiger partial charge in [0.25, 0.3) is 0 Å². The molecule has 0 radical (unpaired) electrons. The van der Waals surface area contributed by atoms with E-state index in [-0.39, 0.29) is 17.9 Å². The second-order valence-corrected chi connectivity index (χ2v) is 6.24. The summed E-state index contributed by atoms with van der Waals surface area (Å²) >= 11 is 0. The van der Waals surface area contributed by atoms with E-state index in [9.17, 15) is 4.79 Å². The van der Waals surface area contributed by atoms with Crippen LogP contribution in [0, 0.1) is 5.92 Å². The van der Waals surface area contributed by atoms with Crippen LogP contribution < -0.4 is 5.73 Å². The molecule has 1 aliphatic rings. The van der Waals surface area contributed by atoms with E-state index in [1.54, 1.807) is 0 Å². The molecular formula is C20H27NO2. The molecule has 2 rings (SSSR count). The summed E-state index contributed by atoms with van der Waals surface area (Å²) in [4.78, 5) is 11.7. The first-order valence-electron chi connectivity index (χ1n) is 8.44. The Balaban J connectivity index is 1.82. The Hall–Kier alpha value is -1.87. The number of esters is 1. The van der Waals surface area contributed by atoms with Crippen molar-refractivity contribution in [1.82, 2.24) is 0 Å². The molecule has 0 bridgehead atoms. The lowest BCUT2D eigenvalue weighted by Crippen LogP contribution is -2.27. The summed E-state index contributed by atoms with van der Waals surface area (Å²) in [5.41, 5.74) is 8.81. The minimum absolute atomic E-state index is 0.0152. The summed E-state index contributed by atoms with van der Waals surface area (Å²) in [5.74, 6) is 0.157. The fraction of sp³-hybridized carbons (Fsp3) is 0.450. The second kappa shape index (κ2) is 8.68. The van der Waals surface area contributed by atoms with Crippen molar-refractivity contribution in [2.24, 2.45) is 11.7 Å². The molecule has 0 saturated heterocycles. The number of rotatable bonds is 7. The molecule has 0 amide bonds. The van der Waals surface area contributed by atoms with Crippen molar-refractivity contribution in [1.29, 1.82) is 0 Å². The van der Waals surface area contributed by atoms with E-state index in [2.05, 4.69) is 42.5 Å². The Morgan fingerprint density at radius 2 is 2.09 bits per heavy atom. The topological polar surface area (TPSA) is 52.3 Å². The Bertz CT molecular complexity index is 562. The summed E-state index contributed by atoms with van der Waals surface area (Å²) in [7, 11) is 0. The van der Waals surface area contributed by atoms with E-state index in [0.29, 0.717) is 18.9 Å². The van der Waals surface area contributed by atoms with E-state index < -0.39 is 0 Å². The van der Waals surface area contributed by atoms with Gasteiger partial charge in [-0.05, 0) is 31.7 Å². The number of ether oxygens (including phenoxy) is 1. The smallest absolute Gasteiger partial charge is 0.308 e. The fourth-order valence-electron chi connectivity index (χ4n) is 2.98. The number of benzene rings is 1. The van der Waals surface area contributed by atoms with Crippen LogP contribution in [0.15, 0.2) is 54.1 Å². The Morgan fingerprint density at radius 1 is 1.35 bits per heavy atom. The predicted octanol–water partition coefficient (Wildman–Crippen LogP) is 3.96. The number of carbonyl (C=O) groups is 1. The van der Waals surface area contributed by atoms with Gasteiger partial charge in [0.1, 0.15) is 0 Å². The fourth-order valence-corrected chi connectivity index (χ4v) is 2.98. The predicted molar refractivity (Wildman–Crippen MR) is 94.0 cm³/mol. The van der Waals surface area contributed by atoms with Crippen molar-refractivity contribution < 1.29 is 9.53 Å². The lowest BCUT2D eigenvalue weighted by Gasteiger charge is -2.20. The highest BCUT2D eigenvalue weighted by atomic mass is 16.5. The molecule has 1 aromatic rings. The first-order valence-corrected chi connectivity index (χ1v) is 8.44. The van der Waals surface area contributed by atoms with Crippen molar-refractivity contribution in [2.75, 3.05) is 6.61 Å². The average molecular weight is 313 g/mol. The molecule has 0 aromatic heterocycles. The summed E-state index contributed by atoms with van der Waals surface area (Å²) < 4.78 is 5.03. The van der Waals surface area contributed by atoms with E-state index in [4.69, 9.17) is 10.5 Å². The molecule has 2 N–H and O–H groups in total. The standard InChI is InChI=1S/C20H27NO2/c1-3-23-20(22)15(2)13-19(21)14-16-9-11-18(12-10-16)17-7-5-4-6-8-17/h4-11,15,18-19H,3,12-14,21H2,1-2H3/t15-,18?,19+/m1/s1. The number of hydrogen-bond acceptors (Lipinski definition) is 3. The van der Waals surface area contributed by atoms with Crippen LogP contribution >= 0.6 is 0 Å². The molecule has 124 valence electrons. The zero-order chi connectivity index (χ0) is 16.7. The lowest BCUT2D eigenvalue weighted by molar-refractivity contribution is -0.147. The van der Waals surface area contributed by atoms with Crippen LogP contribution in [0.4, 0.5) is 0 Å². The maximum atomic E-state index is 11.7. The van der Waals surface area contributed by atoms with Crippen molar-refractivity contribution >= 4 is 5.97 Å². The molecule has 0 spiro atoms. The van der Waals surface area contributed by atoms with Crippen LogP contribution in [-0.4, -0.2) is 18.6 Å². The van der Waals surface area contributed by atoms with Gasteiger partial charge in [0, 0.05) is 12.0 Å². The highest BCUT2D eigenvalue weighted by Gasteiger charge is 2.19. The summed E-state index contributed by atoms with van der Waals surface area (Å²) in [6, 6.07) is 10.5.